The second-order valence-electron chi connectivity index (χ2n) is 13.3. The molecule has 6 rings (SSSR count). The number of hydrogen-bond donors (Lipinski definition) is 3. The lowest BCUT2D eigenvalue weighted by Crippen LogP contribution is -2.36. The Morgan fingerprint density at radius 2 is 1.52 bits per heavy atom. The first-order valence-corrected chi connectivity index (χ1v) is 17.6. The summed E-state index contributed by atoms with van der Waals surface area (Å²) in [4.78, 5) is 46.4. The average molecular weight is 727 g/mol. The Morgan fingerprint density at radius 3 is 2.12 bits per heavy atom. The van der Waals surface area contributed by atoms with Crippen LogP contribution in [0.2, 0.25) is 5.02 Å². The van der Waals surface area contributed by atoms with E-state index in [0.717, 1.165) is 12.0 Å². The van der Waals surface area contributed by atoms with E-state index < -0.39 is 0 Å². The molecular formula is C41H47ClN4O6. The van der Waals surface area contributed by atoms with Crippen molar-refractivity contribution in [2.75, 3.05) is 31.6 Å². The van der Waals surface area contributed by atoms with Crippen LogP contribution in [-0.4, -0.2) is 61.2 Å². The number of hydrogen-bond acceptors (Lipinski definition) is 6. The topological polar surface area (TPSA) is 126 Å². The molecule has 1 heterocycles. The molecule has 4 amide bonds. The zero-order valence-electron chi connectivity index (χ0n) is 30.3. The first-order chi connectivity index (χ1) is 24.9. The van der Waals surface area contributed by atoms with Gasteiger partial charge in [-0.2, -0.15) is 0 Å². The predicted molar refractivity (Wildman–Crippen MR) is 204 cm³/mol. The molecule has 10 nitrogen and oxygen atoms in total. The molecule has 0 bridgehead atoms. The third-order valence-electron chi connectivity index (χ3n) is 8.23. The van der Waals surface area contributed by atoms with Crippen molar-refractivity contribution in [3.8, 4) is 11.1 Å². The number of fused-ring (bicyclic) bond motifs is 4. The van der Waals surface area contributed by atoms with Gasteiger partial charge >= 0.3 is 12.2 Å². The Kier molecular flexibility index (Phi) is 14.2. The summed E-state index contributed by atoms with van der Waals surface area (Å²) in [5.74, 6) is -0.165. The number of carbonyl (C=O) groups excluding carboxylic acids is 4. The summed E-state index contributed by atoms with van der Waals surface area (Å²) in [5.41, 5.74) is 8.71. The van der Waals surface area contributed by atoms with Crippen LogP contribution in [0.25, 0.3) is 11.1 Å². The Labute approximate surface area is 310 Å². The Bertz CT molecular complexity index is 1810. The maximum Gasteiger partial charge on any atom is 0.410 e. The number of alkyl carbamates (subject to hydrolysis) is 1. The number of carbonyl (C=O) groups is 4. The van der Waals surface area contributed by atoms with E-state index in [1.807, 2.05) is 45.6 Å². The molecule has 4 aromatic rings. The maximum atomic E-state index is 12.7. The van der Waals surface area contributed by atoms with Crippen LogP contribution in [0, 0.1) is 6.92 Å². The van der Waals surface area contributed by atoms with Gasteiger partial charge in [-0.05, 0) is 98.2 Å². The summed E-state index contributed by atoms with van der Waals surface area (Å²) in [5, 5.41) is 8.09. The summed E-state index contributed by atoms with van der Waals surface area (Å²) in [6.07, 6.45) is 0.800. The Balaban J connectivity index is 0.000000205. The maximum absolute atomic E-state index is 12.7. The molecule has 1 aliphatic carbocycles. The molecule has 11 heteroatoms. The number of nitrogens with one attached hydrogen (secondary N) is 3. The van der Waals surface area contributed by atoms with Crippen LogP contribution in [0.4, 0.5) is 15.3 Å². The fraction of sp³-hybridized carbons (Fsp3) is 0.317. The molecule has 2 aliphatic rings. The van der Waals surface area contributed by atoms with Gasteiger partial charge in [0.25, 0.3) is 0 Å². The molecule has 0 atom stereocenters. The van der Waals surface area contributed by atoms with Crippen molar-refractivity contribution >= 4 is 41.8 Å². The van der Waals surface area contributed by atoms with Gasteiger partial charge in [0.2, 0.25) is 12.3 Å². The molecule has 0 radical (unpaired) electrons. The van der Waals surface area contributed by atoms with E-state index in [4.69, 9.17) is 21.1 Å². The number of benzene rings is 4. The molecule has 0 saturated heterocycles. The van der Waals surface area contributed by atoms with Crippen LogP contribution in [0.5, 0.6) is 0 Å². The largest absolute Gasteiger partial charge is 0.448 e. The lowest BCUT2D eigenvalue weighted by molar-refractivity contribution is -0.118. The van der Waals surface area contributed by atoms with Crippen molar-refractivity contribution in [2.24, 2.45) is 0 Å². The highest BCUT2D eigenvalue weighted by Gasteiger charge is 2.30. The molecule has 0 aromatic heterocycles. The number of aryl methyl sites for hydroxylation is 1. The van der Waals surface area contributed by atoms with Crippen molar-refractivity contribution in [1.82, 2.24) is 15.5 Å². The Hall–Kier alpha value is -5.35. The molecule has 4 aromatic carbocycles. The first kappa shape index (κ1) is 39.4. The quantitative estimate of drug-likeness (QED) is 0.167. The first-order valence-electron chi connectivity index (χ1n) is 17.3. The molecule has 0 fully saturated rings. The molecule has 0 spiro atoms. The van der Waals surface area contributed by atoms with Crippen LogP contribution in [0.3, 0.4) is 0 Å². The fourth-order valence-corrected chi connectivity index (χ4v) is 5.97. The van der Waals surface area contributed by atoms with E-state index in [-0.39, 0.29) is 36.2 Å². The van der Waals surface area contributed by atoms with Gasteiger partial charge in [-0.1, -0.05) is 84.4 Å². The smallest absolute Gasteiger partial charge is 0.410 e. The molecule has 0 saturated carbocycles. The summed E-state index contributed by atoms with van der Waals surface area (Å²) >= 11 is 5.83. The van der Waals surface area contributed by atoms with E-state index in [2.05, 4.69) is 82.7 Å². The van der Waals surface area contributed by atoms with Crippen molar-refractivity contribution < 1.29 is 28.7 Å². The second kappa shape index (κ2) is 18.8. The van der Waals surface area contributed by atoms with Crippen molar-refractivity contribution in [2.45, 2.75) is 59.1 Å². The molecule has 1 aliphatic heterocycles. The van der Waals surface area contributed by atoms with Gasteiger partial charge in [0.15, 0.2) is 0 Å². The summed E-state index contributed by atoms with van der Waals surface area (Å²) < 4.78 is 10.7. The number of amides is 4. The highest BCUT2D eigenvalue weighted by molar-refractivity contribution is 6.31. The van der Waals surface area contributed by atoms with E-state index in [0.29, 0.717) is 43.4 Å². The van der Waals surface area contributed by atoms with Crippen LogP contribution in [-0.2, 0) is 32.0 Å². The number of anilines is 1. The SMILES string of the molecule is CCNC(=O)OC(C)(C)C.Cc1cc(NC(=O)CNC=O)ccc1Cl.O=C(OCC1c2ccccc2-c2ccccc21)N1CCc2ccccc2C1. The fourth-order valence-electron chi connectivity index (χ4n) is 5.86. The second-order valence-corrected chi connectivity index (χ2v) is 13.7. The van der Waals surface area contributed by atoms with E-state index >= 15 is 0 Å². The molecular weight excluding hydrogens is 680 g/mol. The number of rotatable bonds is 7. The lowest BCUT2D eigenvalue weighted by atomic mass is 9.98. The monoisotopic (exact) mass is 726 g/mol. The number of nitrogens with zero attached hydrogens (tertiary/aromatic N) is 1. The van der Waals surface area contributed by atoms with E-state index in [1.165, 1.54) is 33.4 Å². The van der Waals surface area contributed by atoms with Gasteiger partial charge in [0.1, 0.15) is 12.2 Å². The summed E-state index contributed by atoms with van der Waals surface area (Å²) in [6.45, 7) is 11.5. The number of halogens is 1. The van der Waals surface area contributed by atoms with E-state index in [1.54, 1.807) is 18.2 Å². The van der Waals surface area contributed by atoms with Gasteiger partial charge in [-0.3, -0.25) is 9.59 Å². The van der Waals surface area contributed by atoms with Crippen LogP contribution in [0.1, 0.15) is 61.4 Å². The van der Waals surface area contributed by atoms with Crippen molar-refractivity contribution in [3.63, 3.8) is 0 Å². The highest BCUT2D eigenvalue weighted by Crippen LogP contribution is 2.44. The minimum Gasteiger partial charge on any atom is -0.448 e. The predicted octanol–water partition coefficient (Wildman–Crippen LogP) is 7.86. The lowest BCUT2D eigenvalue weighted by Gasteiger charge is -2.28. The third-order valence-corrected chi connectivity index (χ3v) is 8.66. The molecule has 274 valence electrons. The van der Waals surface area contributed by atoms with Crippen molar-refractivity contribution in [1.29, 1.82) is 0 Å². The van der Waals surface area contributed by atoms with E-state index in [9.17, 15) is 19.2 Å². The minimum absolute atomic E-state index is 0.0365. The number of ether oxygens (including phenoxy) is 2. The van der Waals surface area contributed by atoms with Crippen LogP contribution >= 0.6 is 11.6 Å². The van der Waals surface area contributed by atoms with Gasteiger partial charge in [0.05, 0.1) is 6.54 Å². The summed E-state index contributed by atoms with van der Waals surface area (Å²) in [6, 6.07) is 30.3. The molecule has 0 unspecified atom stereocenters. The molecule has 3 N–H and O–H groups in total. The summed E-state index contributed by atoms with van der Waals surface area (Å²) in [7, 11) is 0. The van der Waals surface area contributed by atoms with Gasteiger partial charge < -0.3 is 30.3 Å². The third kappa shape index (κ3) is 11.3. The normalized spacial score (nSPS) is 12.6. The average Bonchev–Trinajstić information content (AvgIpc) is 3.44. The molecule has 52 heavy (non-hydrogen) atoms. The zero-order valence-corrected chi connectivity index (χ0v) is 31.1. The highest BCUT2D eigenvalue weighted by atomic mass is 35.5. The van der Waals surface area contributed by atoms with Crippen LogP contribution in [0.15, 0.2) is 91.0 Å². The minimum atomic E-state index is -0.390. The van der Waals surface area contributed by atoms with Crippen LogP contribution < -0.4 is 16.0 Å². The Morgan fingerprint density at radius 1 is 0.904 bits per heavy atom. The standard InChI is InChI=1S/C24H21NO2.C10H11ClN2O2.C7H15NO2/c26-24(25-14-13-17-7-1-2-8-18(17)15-25)27-16-23-21-11-5-3-9-19(21)20-10-4-6-12-22(20)23;1-7-4-8(2-3-9(7)11)13-10(15)5-12-6-14;1-5-8-6(9)10-7(2,3)4/h1-12,23H,13-16H2;2-4,6H,5H2,1H3,(H,12,14)(H,13,15);5H2,1-4H3,(H,8,9). The van der Waals surface area contributed by atoms with Gasteiger partial charge in [0, 0.05) is 36.3 Å². The zero-order chi connectivity index (χ0) is 37.7. The van der Waals surface area contributed by atoms with Gasteiger partial charge in [-0.15, -0.1) is 0 Å². The van der Waals surface area contributed by atoms with Gasteiger partial charge in [-0.25, -0.2) is 9.59 Å². The van der Waals surface area contributed by atoms with Crippen molar-refractivity contribution in [3.05, 3.63) is 124 Å².